The largest absolute Gasteiger partial charge is 0.444 e. The molecule has 3 atom stereocenters. The number of benzene rings is 1. The van der Waals surface area contributed by atoms with Gasteiger partial charge in [-0.15, -0.1) is 0 Å². The number of nitrogens with zero attached hydrogens (tertiary/aromatic N) is 1. The molecule has 0 spiro atoms. The standard InChI is InChI=1S/C30H55NO5Si2/c1-28(2,3)36-27(32)31-24(21-34-37(10,11)29(4,5)6)19-26(33-20-23-17-15-14-16-18-23)25(31)22-35-38(12,13)30(7,8)9/h14-18,24-26H,19-22H2,1-13H3/t24-,25-,26-/m1/s1. The minimum Gasteiger partial charge on any atom is -0.444 e. The summed E-state index contributed by atoms with van der Waals surface area (Å²) >= 11 is 0. The van der Waals surface area contributed by atoms with Gasteiger partial charge in [-0.1, -0.05) is 71.9 Å². The first-order valence-corrected chi connectivity index (χ1v) is 19.9. The van der Waals surface area contributed by atoms with Crippen LogP contribution >= 0.6 is 0 Å². The van der Waals surface area contributed by atoms with Gasteiger partial charge in [-0.05, 0) is 69.0 Å². The van der Waals surface area contributed by atoms with Gasteiger partial charge in [0.05, 0.1) is 38.0 Å². The van der Waals surface area contributed by atoms with E-state index in [2.05, 4.69) is 79.9 Å². The summed E-state index contributed by atoms with van der Waals surface area (Å²) in [6, 6.07) is 9.79. The minimum atomic E-state index is -2.05. The minimum absolute atomic E-state index is 0.0631. The average molecular weight is 566 g/mol. The smallest absolute Gasteiger partial charge is 0.411 e. The maximum atomic E-state index is 13.7. The second-order valence-electron chi connectivity index (χ2n) is 14.8. The molecule has 0 radical (unpaired) electrons. The highest BCUT2D eigenvalue weighted by Gasteiger charge is 2.49. The summed E-state index contributed by atoms with van der Waals surface area (Å²) in [6.07, 6.45) is 0.183. The van der Waals surface area contributed by atoms with Crippen molar-refractivity contribution < 1.29 is 23.1 Å². The van der Waals surface area contributed by atoms with E-state index in [1.807, 2.05) is 43.9 Å². The molecular weight excluding hydrogens is 511 g/mol. The third-order valence-corrected chi connectivity index (χ3v) is 17.5. The predicted octanol–water partition coefficient (Wildman–Crippen LogP) is 7.99. The van der Waals surface area contributed by atoms with Gasteiger partial charge in [-0.2, -0.15) is 0 Å². The predicted molar refractivity (Wildman–Crippen MR) is 162 cm³/mol. The highest BCUT2D eigenvalue weighted by Crippen LogP contribution is 2.40. The van der Waals surface area contributed by atoms with E-state index in [9.17, 15) is 4.79 Å². The van der Waals surface area contributed by atoms with E-state index in [4.69, 9.17) is 18.3 Å². The van der Waals surface area contributed by atoms with Crippen LogP contribution in [0.25, 0.3) is 0 Å². The molecule has 0 aliphatic carbocycles. The molecule has 218 valence electrons. The zero-order valence-electron chi connectivity index (χ0n) is 26.4. The van der Waals surface area contributed by atoms with Gasteiger partial charge in [0.25, 0.3) is 0 Å². The summed E-state index contributed by atoms with van der Waals surface area (Å²) in [6.45, 7) is 29.5. The Morgan fingerprint density at radius 1 is 0.842 bits per heavy atom. The van der Waals surface area contributed by atoms with Crippen LogP contribution in [0.5, 0.6) is 0 Å². The fraction of sp³-hybridized carbons (Fsp3) is 0.767. The molecule has 1 aromatic rings. The van der Waals surface area contributed by atoms with E-state index < -0.39 is 22.2 Å². The molecule has 0 aromatic heterocycles. The van der Waals surface area contributed by atoms with Crippen molar-refractivity contribution in [3.05, 3.63) is 35.9 Å². The molecule has 1 aliphatic heterocycles. The van der Waals surface area contributed by atoms with E-state index >= 15 is 0 Å². The van der Waals surface area contributed by atoms with E-state index in [-0.39, 0.29) is 34.4 Å². The van der Waals surface area contributed by atoms with Gasteiger partial charge in [0.15, 0.2) is 16.6 Å². The number of ether oxygens (including phenoxy) is 2. The lowest BCUT2D eigenvalue weighted by molar-refractivity contribution is -0.0205. The number of hydrogen-bond donors (Lipinski definition) is 0. The van der Waals surface area contributed by atoms with E-state index in [0.29, 0.717) is 26.2 Å². The van der Waals surface area contributed by atoms with Crippen molar-refractivity contribution in [1.82, 2.24) is 4.90 Å². The Bertz CT molecular complexity index is 900. The molecule has 1 heterocycles. The van der Waals surface area contributed by atoms with Crippen molar-refractivity contribution in [1.29, 1.82) is 0 Å². The molecule has 8 heteroatoms. The Balaban J connectivity index is 2.38. The fourth-order valence-corrected chi connectivity index (χ4v) is 5.97. The Morgan fingerprint density at radius 2 is 1.34 bits per heavy atom. The zero-order chi connectivity index (χ0) is 29.2. The van der Waals surface area contributed by atoms with E-state index in [0.717, 1.165) is 5.56 Å². The quantitative estimate of drug-likeness (QED) is 0.284. The summed E-state index contributed by atoms with van der Waals surface area (Å²) in [4.78, 5) is 15.6. The van der Waals surface area contributed by atoms with Crippen molar-refractivity contribution in [2.45, 2.75) is 135 Å². The molecule has 6 nitrogen and oxygen atoms in total. The molecule has 0 saturated carbocycles. The van der Waals surface area contributed by atoms with Gasteiger partial charge in [0.1, 0.15) is 5.60 Å². The van der Waals surface area contributed by atoms with Crippen LogP contribution in [0, 0.1) is 0 Å². The average Bonchev–Trinajstić information content (AvgIpc) is 3.10. The zero-order valence-corrected chi connectivity index (χ0v) is 28.4. The number of likely N-dealkylation sites (tertiary alicyclic amines) is 1. The number of rotatable bonds is 9. The third-order valence-electron chi connectivity index (χ3n) is 8.46. The Labute approximate surface area is 235 Å². The first-order valence-electron chi connectivity index (χ1n) is 14.1. The second kappa shape index (κ2) is 12.1. The van der Waals surface area contributed by atoms with Crippen molar-refractivity contribution in [3.8, 4) is 0 Å². The number of carbonyl (C=O) groups excluding carboxylic acids is 1. The van der Waals surface area contributed by atoms with Crippen molar-refractivity contribution in [3.63, 3.8) is 0 Å². The van der Waals surface area contributed by atoms with Crippen molar-refractivity contribution in [2.75, 3.05) is 13.2 Å². The van der Waals surface area contributed by atoms with Crippen LogP contribution in [0.4, 0.5) is 4.79 Å². The van der Waals surface area contributed by atoms with Gasteiger partial charge in [0.2, 0.25) is 0 Å². The first-order chi connectivity index (χ1) is 17.1. The van der Waals surface area contributed by atoms with Crippen molar-refractivity contribution >= 4 is 22.7 Å². The van der Waals surface area contributed by atoms with Crippen molar-refractivity contribution in [2.24, 2.45) is 0 Å². The van der Waals surface area contributed by atoms with Gasteiger partial charge >= 0.3 is 6.09 Å². The fourth-order valence-electron chi connectivity index (χ4n) is 3.91. The normalized spacial score (nSPS) is 21.6. The summed E-state index contributed by atoms with van der Waals surface area (Å²) in [5, 5.41) is 0.143. The van der Waals surface area contributed by atoms with Crippen LogP contribution in [0.1, 0.15) is 74.3 Å². The van der Waals surface area contributed by atoms with Gasteiger partial charge in [-0.3, -0.25) is 4.90 Å². The Kier molecular flexibility index (Phi) is 10.5. The molecule has 1 fully saturated rings. The lowest BCUT2D eigenvalue weighted by Gasteiger charge is -2.40. The SMILES string of the molecule is CC(C)(C)OC(=O)N1[C@@H](CO[Si](C)(C)C(C)(C)C)C[C@@H](OCc2ccccc2)[C@H]1CO[Si](C)(C)C(C)(C)C. The van der Waals surface area contributed by atoms with Crippen LogP contribution < -0.4 is 0 Å². The number of hydrogen-bond acceptors (Lipinski definition) is 5. The first kappa shape index (κ1) is 33.0. The maximum absolute atomic E-state index is 13.7. The Morgan fingerprint density at radius 3 is 1.82 bits per heavy atom. The molecule has 0 bridgehead atoms. The van der Waals surface area contributed by atoms with Crippen LogP contribution in [0.2, 0.25) is 36.3 Å². The van der Waals surface area contributed by atoms with E-state index in [1.54, 1.807) is 0 Å². The molecule has 0 unspecified atom stereocenters. The molecule has 1 aromatic carbocycles. The monoisotopic (exact) mass is 565 g/mol. The lowest BCUT2D eigenvalue weighted by atomic mass is 10.1. The molecule has 0 N–H and O–H groups in total. The molecular formula is C30H55NO5Si2. The second-order valence-corrected chi connectivity index (χ2v) is 24.4. The van der Waals surface area contributed by atoms with Gasteiger partial charge < -0.3 is 18.3 Å². The van der Waals surface area contributed by atoms with E-state index in [1.165, 1.54) is 0 Å². The van der Waals surface area contributed by atoms with Crippen LogP contribution in [-0.2, 0) is 24.9 Å². The highest BCUT2D eigenvalue weighted by atomic mass is 28.4. The highest BCUT2D eigenvalue weighted by molar-refractivity contribution is 6.74. The molecule has 1 amide bonds. The van der Waals surface area contributed by atoms with Crippen LogP contribution in [0.3, 0.4) is 0 Å². The van der Waals surface area contributed by atoms with Crippen LogP contribution in [0.15, 0.2) is 30.3 Å². The maximum Gasteiger partial charge on any atom is 0.411 e. The number of carbonyl (C=O) groups is 1. The number of amides is 1. The summed E-state index contributed by atoms with van der Waals surface area (Å²) in [5.41, 5.74) is 0.511. The van der Waals surface area contributed by atoms with Crippen LogP contribution in [-0.4, -0.2) is 64.6 Å². The molecule has 38 heavy (non-hydrogen) atoms. The molecule has 1 aliphatic rings. The lowest BCUT2D eigenvalue weighted by Crippen LogP contribution is -2.52. The summed E-state index contributed by atoms with van der Waals surface area (Å²) in [7, 11) is -4.07. The molecule has 2 rings (SSSR count). The van der Waals surface area contributed by atoms with Gasteiger partial charge in [-0.25, -0.2) is 4.79 Å². The topological polar surface area (TPSA) is 57.2 Å². The summed E-state index contributed by atoms with van der Waals surface area (Å²) < 4.78 is 25.8. The van der Waals surface area contributed by atoms with Gasteiger partial charge in [0, 0.05) is 0 Å². The third kappa shape index (κ3) is 8.91. The summed E-state index contributed by atoms with van der Waals surface area (Å²) in [5.74, 6) is 0. The Hall–Kier alpha value is -1.20. The molecule has 1 saturated heterocycles.